The lowest BCUT2D eigenvalue weighted by molar-refractivity contribution is 0.0602. The van der Waals surface area contributed by atoms with Gasteiger partial charge in [-0.3, -0.25) is 4.79 Å². The number of carbonyl (C=O) groups is 2. The number of nitrogen functional groups attached to an aromatic ring is 1. The van der Waals surface area contributed by atoms with E-state index in [-0.39, 0.29) is 11.4 Å². The predicted octanol–water partition coefficient (Wildman–Crippen LogP) is 0.340. The predicted molar refractivity (Wildman–Crippen MR) is 67.8 cm³/mol. The van der Waals surface area contributed by atoms with Gasteiger partial charge in [0.15, 0.2) is 0 Å². The summed E-state index contributed by atoms with van der Waals surface area (Å²) in [6.45, 7) is 0. The SMILES string of the molecule is COC(=O)c1cnn(-c2ccc(C(N)=O)cc2)c1N. The second kappa shape index (κ2) is 4.81. The first-order valence-corrected chi connectivity index (χ1v) is 5.36. The standard InChI is InChI=1S/C12H12N4O3/c1-19-12(18)9-6-15-16(10(9)13)8-4-2-7(3-5-8)11(14)17/h2-6H,13H2,1H3,(H2,14,17). The first-order chi connectivity index (χ1) is 9.04. The van der Waals surface area contributed by atoms with Crippen LogP contribution in [-0.4, -0.2) is 28.8 Å². The normalized spacial score (nSPS) is 10.2. The summed E-state index contributed by atoms with van der Waals surface area (Å²) >= 11 is 0. The van der Waals surface area contributed by atoms with E-state index < -0.39 is 11.9 Å². The van der Waals surface area contributed by atoms with Gasteiger partial charge < -0.3 is 16.2 Å². The fraction of sp³-hybridized carbons (Fsp3) is 0.0833. The van der Waals surface area contributed by atoms with Crippen LogP contribution in [0.4, 0.5) is 5.82 Å². The molecule has 0 atom stereocenters. The molecule has 0 saturated carbocycles. The van der Waals surface area contributed by atoms with Crippen molar-refractivity contribution in [1.82, 2.24) is 9.78 Å². The van der Waals surface area contributed by atoms with E-state index in [4.69, 9.17) is 11.5 Å². The minimum Gasteiger partial charge on any atom is -0.465 e. The monoisotopic (exact) mass is 260 g/mol. The van der Waals surface area contributed by atoms with Gasteiger partial charge in [0.2, 0.25) is 5.91 Å². The van der Waals surface area contributed by atoms with Gasteiger partial charge in [0.05, 0.1) is 19.0 Å². The summed E-state index contributed by atoms with van der Waals surface area (Å²) in [5.74, 6) is -0.911. The van der Waals surface area contributed by atoms with E-state index in [1.54, 1.807) is 24.3 Å². The molecule has 7 heteroatoms. The molecule has 2 aromatic rings. The molecule has 0 unspecified atom stereocenters. The van der Waals surface area contributed by atoms with E-state index in [2.05, 4.69) is 9.84 Å². The molecule has 98 valence electrons. The number of esters is 1. The summed E-state index contributed by atoms with van der Waals surface area (Å²) in [5, 5.41) is 4.00. The molecule has 19 heavy (non-hydrogen) atoms. The Morgan fingerprint density at radius 3 is 2.42 bits per heavy atom. The summed E-state index contributed by atoms with van der Waals surface area (Å²) in [6.07, 6.45) is 1.32. The Bertz CT molecular complexity index is 631. The number of nitrogens with two attached hydrogens (primary N) is 2. The zero-order valence-electron chi connectivity index (χ0n) is 10.2. The third-order valence-electron chi connectivity index (χ3n) is 2.61. The largest absolute Gasteiger partial charge is 0.465 e. The third-order valence-corrected chi connectivity index (χ3v) is 2.61. The van der Waals surface area contributed by atoms with E-state index in [0.717, 1.165) is 0 Å². The van der Waals surface area contributed by atoms with Crippen LogP contribution in [0.3, 0.4) is 0 Å². The molecule has 2 rings (SSSR count). The number of methoxy groups -OCH3 is 1. The summed E-state index contributed by atoms with van der Waals surface area (Å²) in [6, 6.07) is 6.36. The number of carbonyl (C=O) groups excluding carboxylic acids is 2. The molecule has 0 aliphatic heterocycles. The van der Waals surface area contributed by atoms with Gasteiger partial charge in [0.1, 0.15) is 11.4 Å². The van der Waals surface area contributed by atoms with E-state index in [0.29, 0.717) is 11.3 Å². The molecule has 1 heterocycles. The Balaban J connectivity index is 2.40. The van der Waals surface area contributed by atoms with Crippen LogP contribution >= 0.6 is 0 Å². The maximum Gasteiger partial charge on any atom is 0.343 e. The molecule has 4 N–H and O–H groups in total. The van der Waals surface area contributed by atoms with Crippen molar-refractivity contribution in [2.45, 2.75) is 0 Å². The topological polar surface area (TPSA) is 113 Å². The Hall–Kier alpha value is -2.83. The van der Waals surface area contributed by atoms with Crippen LogP contribution < -0.4 is 11.5 Å². The summed E-state index contributed by atoms with van der Waals surface area (Å²) in [7, 11) is 1.26. The van der Waals surface area contributed by atoms with Gasteiger partial charge in [0, 0.05) is 5.56 Å². The lowest BCUT2D eigenvalue weighted by atomic mass is 10.2. The number of nitrogens with zero attached hydrogens (tertiary/aromatic N) is 2. The lowest BCUT2D eigenvalue weighted by Crippen LogP contribution is -2.11. The number of primary amides is 1. The second-order valence-electron chi connectivity index (χ2n) is 3.76. The molecular weight excluding hydrogens is 248 g/mol. The van der Waals surface area contributed by atoms with Crippen molar-refractivity contribution in [2.24, 2.45) is 5.73 Å². The van der Waals surface area contributed by atoms with Crippen molar-refractivity contribution >= 4 is 17.7 Å². The van der Waals surface area contributed by atoms with Gasteiger partial charge in [-0.05, 0) is 24.3 Å². The molecule has 0 spiro atoms. The maximum atomic E-state index is 11.4. The number of hydrogen-bond donors (Lipinski definition) is 2. The lowest BCUT2D eigenvalue weighted by Gasteiger charge is -2.05. The molecule has 0 bridgehead atoms. The summed E-state index contributed by atoms with van der Waals surface area (Å²) in [4.78, 5) is 22.4. The van der Waals surface area contributed by atoms with E-state index in [1.807, 2.05) is 0 Å². The minimum atomic E-state index is -0.558. The van der Waals surface area contributed by atoms with E-state index >= 15 is 0 Å². The van der Waals surface area contributed by atoms with Crippen molar-refractivity contribution in [2.75, 3.05) is 12.8 Å². The van der Waals surface area contributed by atoms with Crippen LogP contribution in [0.2, 0.25) is 0 Å². The molecular formula is C12H12N4O3. The fourth-order valence-corrected chi connectivity index (χ4v) is 1.60. The number of anilines is 1. The van der Waals surface area contributed by atoms with Crippen molar-refractivity contribution in [3.63, 3.8) is 0 Å². The van der Waals surface area contributed by atoms with Gasteiger partial charge in [-0.25, -0.2) is 9.48 Å². The molecule has 1 amide bonds. The number of hydrogen-bond acceptors (Lipinski definition) is 5. The number of rotatable bonds is 3. The van der Waals surface area contributed by atoms with Gasteiger partial charge in [-0.15, -0.1) is 0 Å². The zero-order chi connectivity index (χ0) is 14.0. The minimum absolute atomic E-state index is 0.165. The molecule has 1 aromatic carbocycles. The van der Waals surface area contributed by atoms with Crippen molar-refractivity contribution in [1.29, 1.82) is 0 Å². The Morgan fingerprint density at radius 2 is 1.89 bits per heavy atom. The average molecular weight is 260 g/mol. The molecule has 1 aromatic heterocycles. The van der Waals surface area contributed by atoms with Crippen molar-refractivity contribution in [3.8, 4) is 5.69 Å². The van der Waals surface area contributed by atoms with Gasteiger partial charge in [-0.1, -0.05) is 0 Å². The van der Waals surface area contributed by atoms with Crippen LogP contribution in [0.1, 0.15) is 20.7 Å². The Kier molecular flexibility index (Phi) is 3.19. The molecule has 0 saturated heterocycles. The zero-order valence-corrected chi connectivity index (χ0v) is 10.2. The number of ether oxygens (including phenoxy) is 1. The summed E-state index contributed by atoms with van der Waals surface area (Å²) in [5.41, 5.74) is 12.1. The highest BCUT2D eigenvalue weighted by Crippen LogP contribution is 2.18. The Morgan fingerprint density at radius 1 is 1.26 bits per heavy atom. The highest BCUT2D eigenvalue weighted by atomic mass is 16.5. The first-order valence-electron chi connectivity index (χ1n) is 5.36. The van der Waals surface area contributed by atoms with E-state index in [9.17, 15) is 9.59 Å². The average Bonchev–Trinajstić information content (AvgIpc) is 2.80. The number of benzene rings is 1. The van der Waals surface area contributed by atoms with Crippen LogP contribution in [0.15, 0.2) is 30.5 Å². The first kappa shape index (κ1) is 12.6. The van der Waals surface area contributed by atoms with Crippen LogP contribution in [0.25, 0.3) is 5.69 Å². The van der Waals surface area contributed by atoms with Crippen LogP contribution in [-0.2, 0) is 4.74 Å². The number of aromatic nitrogens is 2. The highest BCUT2D eigenvalue weighted by Gasteiger charge is 2.16. The van der Waals surface area contributed by atoms with Crippen molar-refractivity contribution < 1.29 is 14.3 Å². The van der Waals surface area contributed by atoms with E-state index in [1.165, 1.54) is 18.0 Å². The van der Waals surface area contributed by atoms with Crippen LogP contribution in [0, 0.1) is 0 Å². The molecule has 0 fully saturated rings. The van der Waals surface area contributed by atoms with Gasteiger partial charge >= 0.3 is 5.97 Å². The highest BCUT2D eigenvalue weighted by molar-refractivity contribution is 5.94. The fourth-order valence-electron chi connectivity index (χ4n) is 1.60. The van der Waals surface area contributed by atoms with Gasteiger partial charge in [0.25, 0.3) is 0 Å². The molecule has 7 nitrogen and oxygen atoms in total. The second-order valence-corrected chi connectivity index (χ2v) is 3.76. The van der Waals surface area contributed by atoms with Crippen molar-refractivity contribution in [3.05, 3.63) is 41.6 Å². The Labute approximate surface area is 108 Å². The quantitative estimate of drug-likeness (QED) is 0.772. The smallest absolute Gasteiger partial charge is 0.343 e. The maximum absolute atomic E-state index is 11.4. The molecule has 0 aliphatic carbocycles. The van der Waals surface area contributed by atoms with Crippen LogP contribution in [0.5, 0.6) is 0 Å². The molecule has 0 radical (unpaired) electrons. The molecule has 0 aliphatic rings. The number of amides is 1. The third kappa shape index (κ3) is 2.25. The summed E-state index contributed by atoms with van der Waals surface area (Å²) < 4.78 is 5.96. The van der Waals surface area contributed by atoms with Gasteiger partial charge in [-0.2, -0.15) is 5.10 Å².